The van der Waals surface area contributed by atoms with Gasteiger partial charge in [-0.1, -0.05) is 40.0 Å². The first-order valence-electron chi connectivity index (χ1n) is 7.43. The lowest BCUT2D eigenvalue weighted by Crippen LogP contribution is -2.42. The maximum Gasteiger partial charge on any atom is 0.0431 e. The van der Waals surface area contributed by atoms with E-state index in [4.69, 9.17) is 5.11 Å². The minimum absolute atomic E-state index is 0.318. The summed E-state index contributed by atoms with van der Waals surface area (Å²) in [7, 11) is 0. The monoisotopic (exact) mass is 241 g/mol. The molecule has 1 aliphatic carbocycles. The SMILES string of the molecule is CCC1CCCCC1NCC(C)(C)CCCO. The fourth-order valence-corrected chi connectivity index (χ4v) is 3.02. The summed E-state index contributed by atoms with van der Waals surface area (Å²) in [6.07, 6.45) is 8.93. The van der Waals surface area contributed by atoms with E-state index in [1.165, 1.54) is 32.1 Å². The first kappa shape index (κ1) is 15.0. The van der Waals surface area contributed by atoms with Crippen LogP contribution in [0.25, 0.3) is 0 Å². The second-order valence-electron chi connectivity index (χ2n) is 6.43. The highest BCUT2D eigenvalue weighted by Gasteiger charge is 2.25. The molecular weight excluding hydrogens is 210 g/mol. The lowest BCUT2D eigenvalue weighted by molar-refractivity contribution is 0.201. The molecule has 1 rings (SSSR count). The molecule has 2 atom stereocenters. The van der Waals surface area contributed by atoms with Gasteiger partial charge in [0.25, 0.3) is 0 Å². The number of rotatable bonds is 7. The Morgan fingerprint density at radius 3 is 2.59 bits per heavy atom. The van der Waals surface area contributed by atoms with Crippen molar-refractivity contribution in [1.29, 1.82) is 0 Å². The van der Waals surface area contributed by atoms with Crippen LogP contribution in [-0.4, -0.2) is 24.3 Å². The molecule has 0 aromatic carbocycles. The lowest BCUT2D eigenvalue weighted by Gasteiger charge is -2.35. The van der Waals surface area contributed by atoms with Crippen molar-refractivity contribution in [2.45, 2.75) is 71.8 Å². The lowest BCUT2D eigenvalue weighted by atomic mass is 9.81. The molecule has 2 unspecified atom stereocenters. The summed E-state index contributed by atoms with van der Waals surface area (Å²) in [5, 5.41) is 12.7. The summed E-state index contributed by atoms with van der Waals surface area (Å²) in [4.78, 5) is 0. The minimum atomic E-state index is 0.318. The van der Waals surface area contributed by atoms with Crippen molar-refractivity contribution in [3.8, 4) is 0 Å². The number of nitrogens with one attached hydrogen (secondary N) is 1. The molecule has 17 heavy (non-hydrogen) atoms. The highest BCUT2D eigenvalue weighted by Crippen LogP contribution is 2.28. The molecule has 0 aromatic heterocycles. The van der Waals surface area contributed by atoms with Crippen LogP contribution in [0.1, 0.15) is 65.7 Å². The van der Waals surface area contributed by atoms with Gasteiger partial charge in [-0.25, -0.2) is 0 Å². The van der Waals surface area contributed by atoms with Crippen LogP contribution in [0.3, 0.4) is 0 Å². The largest absolute Gasteiger partial charge is 0.396 e. The van der Waals surface area contributed by atoms with Crippen LogP contribution < -0.4 is 5.32 Å². The molecule has 102 valence electrons. The summed E-state index contributed by atoms with van der Waals surface area (Å²) in [5.41, 5.74) is 0.318. The zero-order valence-corrected chi connectivity index (χ0v) is 12.0. The van der Waals surface area contributed by atoms with Gasteiger partial charge in [-0.3, -0.25) is 0 Å². The molecule has 0 amide bonds. The average Bonchev–Trinajstić information content (AvgIpc) is 2.34. The van der Waals surface area contributed by atoms with Gasteiger partial charge in [0.15, 0.2) is 0 Å². The molecule has 2 heteroatoms. The number of aliphatic hydroxyl groups excluding tert-OH is 1. The van der Waals surface area contributed by atoms with Crippen LogP contribution in [0.4, 0.5) is 0 Å². The van der Waals surface area contributed by atoms with Crippen molar-refractivity contribution in [2.24, 2.45) is 11.3 Å². The quantitative estimate of drug-likeness (QED) is 0.716. The molecule has 0 bridgehead atoms. The van der Waals surface area contributed by atoms with E-state index in [2.05, 4.69) is 26.1 Å². The van der Waals surface area contributed by atoms with E-state index in [1.54, 1.807) is 0 Å². The maximum absolute atomic E-state index is 8.91. The van der Waals surface area contributed by atoms with E-state index in [0.29, 0.717) is 12.0 Å². The van der Waals surface area contributed by atoms with Gasteiger partial charge in [0.1, 0.15) is 0 Å². The molecule has 0 spiro atoms. The number of hydrogen-bond acceptors (Lipinski definition) is 2. The fourth-order valence-electron chi connectivity index (χ4n) is 3.02. The van der Waals surface area contributed by atoms with Crippen molar-refractivity contribution in [3.63, 3.8) is 0 Å². The second kappa shape index (κ2) is 7.38. The van der Waals surface area contributed by atoms with Crippen LogP contribution in [-0.2, 0) is 0 Å². The smallest absolute Gasteiger partial charge is 0.0431 e. The first-order valence-corrected chi connectivity index (χ1v) is 7.43. The van der Waals surface area contributed by atoms with E-state index in [1.807, 2.05) is 0 Å². The van der Waals surface area contributed by atoms with Crippen molar-refractivity contribution >= 4 is 0 Å². The summed E-state index contributed by atoms with van der Waals surface area (Å²) in [6.45, 7) is 8.35. The van der Waals surface area contributed by atoms with Gasteiger partial charge in [-0.15, -0.1) is 0 Å². The van der Waals surface area contributed by atoms with Crippen molar-refractivity contribution < 1.29 is 5.11 Å². The Hall–Kier alpha value is -0.0800. The number of aliphatic hydroxyl groups is 1. The third-order valence-electron chi connectivity index (χ3n) is 4.29. The Balaban J connectivity index is 2.32. The molecule has 0 heterocycles. The van der Waals surface area contributed by atoms with E-state index in [-0.39, 0.29) is 0 Å². The Bertz CT molecular complexity index is 203. The summed E-state index contributed by atoms with van der Waals surface area (Å²) < 4.78 is 0. The first-order chi connectivity index (χ1) is 8.09. The van der Waals surface area contributed by atoms with Crippen LogP contribution in [0.2, 0.25) is 0 Å². The molecule has 1 saturated carbocycles. The highest BCUT2D eigenvalue weighted by atomic mass is 16.2. The van der Waals surface area contributed by atoms with Gasteiger partial charge in [0.2, 0.25) is 0 Å². The zero-order valence-electron chi connectivity index (χ0n) is 12.0. The zero-order chi connectivity index (χ0) is 12.7. The molecule has 1 fully saturated rings. The Labute approximate surface area is 107 Å². The molecule has 0 aromatic rings. The molecule has 0 aliphatic heterocycles. The van der Waals surface area contributed by atoms with Crippen LogP contribution in [0.5, 0.6) is 0 Å². The van der Waals surface area contributed by atoms with Gasteiger partial charge >= 0.3 is 0 Å². The van der Waals surface area contributed by atoms with Crippen molar-refractivity contribution in [1.82, 2.24) is 5.32 Å². The van der Waals surface area contributed by atoms with Gasteiger partial charge in [0, 0.05) is 19.2 Å². The Kier molecular flexibility index (Phi) is 6.50. The predicted molar refractivity (Wildman–Crippen MR) is 74.1 cm³/mol. The highest BCUT2D eigenvalue weighted by molar-refractivity contribution is 4.82. The number of hydrogen-bond donors (Lipinski definition) is 2. The Morgan fingerprint density at radius 1 is 1.24 bits per heavy atom. The third-order valence-corrected chi connectivity index (χ3v) is 4.29. The van der Waals surface area contributed by atoms with E-state index < -0.39 is 0 Å². The van der Waals surface area contributed by atoms with Gasteiger partial charge < -0.3 is 10.4 Å². The van der Waals surface area contributed by atoms with Crippen LogP contribution in [0, 0.1) is 11.3 Å². The van der Waals surface area contributed by atoms with Gasteiger partial charge in [-0.2, -0.15) is 0 Å². The van der Waals surface area contributed by atoms with Gasteiger partial charge in [0.05, 0.1) is 0 Å². The second-order valence-corrected chi connectivity index (χ2v) is 6.43. The summed E-state index contributed by atoms with van der Waals surface area (Å²) >= 11 is 0. The fraction of sp³-hybridized carbons (Fsp3) is 1.00. The Morgan fingerprint density at radius 2 is 1.94 bits per heavy atom. The van der Waals surface area contributed by atoms with Crippen molar-refractivity contribution in [2.75, 3.05) is 13.2 Å². The maximum atomic E-state index is 8.91. The molecule has 0 radical (unpaired) electrons. The van der Waals surface area contributed by atoms with E-state index >= 15 is 0 Å². The molecule has 2 nitrogen and oxygen atoms in total. The minimum Gasteiger partial charge on any atom is -0.396 e. The normalized spacial score (nSPS) is 26.1. The standard InChI is InChI=1S/C15H31NO/c1-4-13-8-5-6-9-14(13)16-12-15(2,3)10-7-11-17/h13-14,16-17H,4-12H2,1-3H3. The molecule has 0 saturated heterocycles. The van der Waals surface area contributed by atoms with Crippen LogP contribution >= 0.6 is 0 Å². The topological polar surface area (TPSA) is 32.3 Å². The summed E-state index contributed by atoms with van der Waals surface area (Å²) in [6, 6.07) is 0.738. The third kappa shape index (κ3) is 5.39. The summed E-state index contributed by atoms with van der Waals surface area (Å²) in [5.74, 6) is 0.886. The van der Waals surface area contributed by atoms with Crippen molar-refractivity contribution in [3.05, 3.63) is 0 Å². The molecule has 2 N–H and O–H groups in total. The average molecular weight is 241 g/mol. The predicted octanol–water partition coefficient (Wildman–Crippen LogP) is 3.34. The van der Waals surface area contributed by atoms with E-state index in [0.717, 1.165) is 31.3 Å². The van der Waals surface area contributed by atoms with Gasteiger partial charge in [-0.05, 0) is 37.0 Å². The molecular formula is C15H31NO. The van der Waals surface area contributed by atoms with E-state index in [9.17, 15) is 0 Å². The molecule has 1 aliphatic rings. The van der Waals surface area contributed by atoms with Crippen LogP contribution in [0.15, 0.2) is 0 Å².